The smallest absolute Gasteiger partial charge is 0.123 e. The van der Waals surface area contributed by atoms with Gasteiger partial charge in [0.05, 0.1) is 5.69 Å². The van der Waals surface area contributed by atoms with E-state index in [9.17, 15) is 0 Å². The Morgan fingerprint density at radius 3 is 2.48 bits per heavy atom. The quantitative estimate of drug-likeness (QED) is 0.694. The number of hydrogen-bond acceptors (Lipinski definition) is 3. The number of nitrogens with zero attached hydrogens (tertiary/aromatic N) is 4. The fraction of sp³-hybridized carbons (Fsp3) is 0.333. The van der Waals surface area contributed by atoms with E-state index in [4.69, 9.17) is 0 Å². The van der Waals surface area contributed by atoms with Gasteiger partial charge in [-0.05, 0) is 31.9 Å². The van der Waals surface area contributed by atoms with E-state index in [1.807, 2.05) is 0 Å². The van der Waals surface area contributed by atoms with Crippen LogP contribution in [-0.4, -0.2) is 21.0 Å². The van der Waals surface area contributed by atoms with Gasteiger partial charge in [0, 0.05) is 35.9 Å². The van der Waals surface area contributed by atoms with Crippen molar-refractivity contribution in [3.8, 4) is 22.5 Å². The summed E-state index contributed by atoms with van der Waals surface area (Å²) in [5.41, 5.74) is 7.11. The average Bonchev–Trinajstić information content (AvgIpc) is 3.01. The van der Waals surface area contributed by atoms with E-state index in [2.05, 4.69) is 89.2 Å². The third-order valence-corrected chi connectivity index (χ3v) is 4.88. The van der Waals surface area contributed by atoms with Crippen molar-refractivity contribution in [1.29, 1.82) is 0 Å². The molecule has 0 bridgehead atoms. The minimum atomic E-state index is 0.404. The van der Waals surface area contributed by atoms with Gasteiger partial charge in [0.1, 0.15) is 5.69 Å². The molecule has 4 nitrogen and oxygen atoms in total. The van der Waals surface area contributed by atoms with E-state index in [0.717, 1.165) is 30.9 Å². The molecule has 0 N–H and O–H groups in total. The molecule has 2 heterocycles. The van der Waals surface area contributed by atoms with Crippen LogP contribution in [0.2, 0.25) is 0 Å². The van der Waals surface area contributed by atoms with Gasteiger partial charge in [0.25, 0.3) is 0 Å². The molecule has 0 unspecified atom stereocenters. The predicted molar refractivity (Wildman–Crippen MR) is 103 cm³/mol. The van der Waals surface area contributed by atoms with Crippen LogP contribution in [0.4, 0.5) is 5.69 Å². The highest BCUT2D eigenvalue weighted by Crippen LogP contribution is 2.41. The molecule has 0 spiro atoms. The van der Waals surface area contributed by atoms with E-state index < -0.39 is 0 Å². The SMILES string of the molecule is CCCn1nnc2c1-c1ccccc1CN(C(C)C)c1ccccc1-2. The lowest BCUT2D eigenvalue weighted by atomic mass is 9.95. The summed E-state index contributed by atoms with van der Waals surface area (Å²) in [5.74, 6) is 0. The average molecular weight is 332 g/mol. The molecule has 1 aromatic heterocycles. The number of rotatable bonds is 3. The molecule has 2 aromatic carbocycles. The van der Waals surface area contributed by atoms with Crippen molar-refractivity contribution in [3.05, 3.63) is 54.1 Å². The molecule has 0 saturated heterocycles. The monoisotopic (exact) mass is 332 g/mol. The molecule has 0 aliphatic carbocycles. The van der Waals surface area contributed by atoms with Crippen molar-refractivity contribution < 1.29 is 0 Å². The standard InChI is InChI=1S/C21H24N4/c1-4-13-25-21-17-10-6-5-9-16(17)14-24(15(2)3)19-12-8-7-11-18(19)20(21)22-23-25/h5-12,15H,4,13-14H2,1-3H3. The molecule has 1 aliphatic heterocycles. The van der Waals surface area contributed by atoms with E-state index >= 15 is 0 Å². The molecule has 0 atom stereocenters. The second-order valence-corrected chi connectivity index (χ2v) is 6.91. The lowest BCUT2D eigenvalue weighted by Crippen LogP contribution is -2.31. The minimum Gasteiger partial charge on any atom is -0.364 e. The highest BCUT2D eigenvalue weighted by molar-refractivity contribution is 5.88. The van der Waals surface area contributed by atoms with Gasteiger partial charge in [-0.3, -0.25) is 0 Å². The van der Waals surface area contributed by atoms with Crippen LogP contribution in [0.15, 0.2) is 48.5 Å². The number of anilines is 1. The van der Waals surface area contributed by atoms with Gasteiger partial charge in [0.2, 0.25) is 0 Å². The number of fused-ring (bicyclic) bond motifs is 5. The van der Waals surface area contributed by atoms with Gasteiger partial charge in [-0.1, -0.05) is 54.6 Å². The molecule has 3 aromatic rings. The summed E-state index contributed by atoms with van der Waals surface area (Å²) in [4.78, 5) is 2.45. The number of hydrogen-bond donors (Lipinski definition) is 0. The van der Waals surface area contributed by atoms with E-state index in [0.29, 0.717) is 6.04 Å². The number of aryl methyl sites for hydroxylation is 1. The zero-order valence-corrected chi connectivity index (χ0v) is 15.1. The molecular weight excluding hydrogens is 308 g/mol. The van der Waals surface area contributed by atoms with Crippen LogP contribution in [-0.2, 0) is 13.1 Å². The summed E-state index contributed by atoms with van der Waals surface area (Å²) in [6.07, 6.45) is 1.04. The number of aromatic nitrogens is 3. The van der Waals surface area contributed by atoms with Crippen LogP contribution >= 0.6 is 0 Å². The molecule has 4 rings (SSSR count). The van der Waals surface area contributed by atoms with Gasteiger partial charge in [-0.15, -0.1) is 5.10 Å². The van der Waals surface area contributed by atoms with Gasteiger partial charge in [-0.2, -0.15) is 0 Å². The fourth-order valence-electron chi connectivity index (χ4n) is 3.67. The Labute approximate surface area is 149 Å². The minimum absolute atomic E-state index is 0.404. The van der Waals surface area contributed by atoms with Crippen molar-refractivity contribution in [3.63, 3.8) is 0 Å². The Bertz CT molecular complexity index is 894. The lowest BCUT2D eigenvalue weighted by molar-refractivity contribution is 0.584. The van der Waals surface area contributed by atoms with Crippen LogP contribution in [0, 0.1) is 0 Å². The second kappa shape index (κ2) is 6.36. The maximum atomic E-state index is 4.60. The van der Waals surface area contributed by atoms with Crippen molar-refractivity contribution in [2.24, 2.45) is 0 Å². The molecule has 0 fully saturated rings. The Morgan fingerprint density at radius 1 is 1.00 bits per heavy atom. The van der Waals surface area contributed by atoms with E-state index in [1.54, 1.807) is 0 Å². The molecule has 0 amide bonds. The topological polar surface area (TPSA) is 34.0 Å². The van der Waals surface area contributed by atoms with Crippen molar-refractivity contribution >= 4 is 5.69 Å². The normalized spacial score (nSPS) is 13.0. The maximum Gasteiger partial charge on any atom is 0.123 e. The summed E-state index contributed by atoms with van der Waals surface area (Å²) in [7, 11) is 0. The zero-order chi connectivity index (χ0) is 17.4. The maximum absolute atomic E-state index is 4.60. The first-order chi connectivity index (χ1) is 12.2. The van der Waals surface area contributed by atoms with Crippen LogP contribution in [0.1, 0.15) is 32.8 Å². The molecule has 0 radical (unpaired) electrons. The molecule has 4 heteroatoms. The van der Waals surface area contributed by atoms with Crippen molar-refractivity contribution in [2.45, 2.75) is 46.3 Å². The van der Waals surface area contributed by atoms with Gasteiger partial charge >= 0.3 is 0 Å². The summed E-state index contributed by atoms with van der Waals surface area (Å²) >= 11 is 0. The molecular formula is C21H24N4. The van der Waals surface area contributed by atoms with Gasteiger partial charge in [-0.25, -0.2) is 4.68 Å². The Balaban J connectivity index is 2.05. The Kier molecular flexibility index (Phi) is 4.04. The summed E-state index contributed by atoms with van der Waals surface area (Å²) in [5, 5.41) is 9.08. The van der Waals surface area contributed by atoms with Crippen LogP contribution in [0.5, 0.6) is 0 Å². The third kappa shape index (κ3) is 2.62. The first kappa shape index (κ1) is 15.9. The molecule has 0 saturated carbocycles. The van der Waals surface area contributed by atoms with Crippen LogP contribution < -0.4 is 4.90 Å². The third-order valence-electron chi connectivity index (χ3n) is 4.88. The second-order valence-electron chi connectivity index (χ2n) is 6.91. The molecule has 25 heavy (non-hydrogen) atoms. The summed E-state index contributed by atoms with van der Waals surface area (Å²) < 4.78 is 2.07. The Morgan fingerprint density at radius 2 is 1.72 bits per heavy atom. The molecule has 1 aliphatic rings. The first-order valence-electron chi connectivity index (χ1n) is 9.08. The fourth-order valence-corrected chi connectivity index (χ4v) is 3.67. The molecule has 128 valence electrons. The van der Waals surface area contributed by atoms with Crippen LogP contribution in [0.25, 0.3) is 22.5 Å². The van der Waals surface area contributed by atoms with E-state index in [1.165, 1.54) is 22.4 Å². The summed E-state index contributed by atoms with van der Waals surface area (Å²) in [6.45, 7) is 8.44. The highest BCUT2D eigenvalue weighted by Gasteiger charge is 2.26. The largest absolute Gasteiger partial charge is 0.364 e. The Hall–Kier alpha value is -2.62. The van der Waals surface area contributed by atoms with Crippen molar-refractivity contribution in [1.82, 2.24) is 15.0 Å². The van der Waals surface area contributed by atoms with Crippen molar-refractivity contribution in [2.75, 3.05) is 4.90 Å². The van der Waals surface area contributed by atoms with Gasteiger partial charge < -0.3 is 4.90 Å². The first-order valence-corrected chi connectivity index (χ1v) is 9.08. The highest BCUT2D eigenvalue weighted by atomic mass is 15.4. The summed E-state index contributed by atoms with van der Waals surface area (Å²) in [6, 6.07) is 17.6. The van der Waals surface area contributed by atoms with E-state index in [-0.39, 0.29) is 0 Å². The lowest BCUT2D eigenvalue weighted by Gasteiger charge is -2.33. The number of benzene rings is 2. The van der Waals surface area contributed by atoms with Crippen LogP contribution in [0.3, 0.4) is 0 Å². The predicted octanol–water partition coefficient (Wildman–Crippen LogP) is 4.75. The number of para-hydroxylation sites is 1. The zero-order valence-electron chi connectivity index (χ0n) is 15.1. The van der Waals surface area contributed by atoms with Gasteiger partial charge in [0.15, 0.2) is 0 Å².